The van der Waals surface area contributed by atoms with Gasteiger partial charge in [-0.15, -0.1) is 0 Å². The Morgan fingerprint density at radius 2 is 1.92 bits per heavy atom. The van der Waals surface area contributed by atoms with Crippen molar-refractivity contribution in [3.05, 3.63) is 77.7 Å². The van der Waals surface area contributed by atoms with E-state index >= 15 is 0 Å². The molecule has 0 spiro atoms. The van der Waals surface area contributed by atoms with Crippen molar-refractivity contribution in [3.8, 4) is 0 Å². The fraction of sp³-hybridized carbons (Fsp3) is 0.100. The number of benzene rings is 2. The van der Waals surface area contributed by atoms with Crippen LogP contribution in [0.25, 0.3) is 10.2 Å². The highest BCUT2D eigenvalue weighted by Gasteiger charge is 2.26. The van der Waals surface area contributed by atoms with Crippen LogP contribution in [0.2, 0.25) is 0 Å². The standard InChI is InChI=1S/C20H16N2O2S/c1-13-9-10-16(14(2)12-13)22(19(23)17-7-5-11-24-17)20-21-15-6-3-4-8-18(15)25-20/h3-12H,1-2H3. The van der Waals surface area contributed by atoms with E-state index in [2.05, 4.69) is 11.1 Å². The molecule has 4 nitrogen and oxygen atoms in total. The highest BCUT2D eigenvalue weighted by molar-refractivity contribution is 7.22. The van der Waals surface area contributed by atoms with E-state index in [1.54, 1.807) is 17.0 Å². The number of aromatic nitrogens is 1. The summed E-state index contributed by atoms with van der Waals surface area (Å²) in [5.41, 5.74) is 3.85. The number of para-hydroxylation sites is 1. The number of fused-ring (bicyclic) bond motifs is 1. The Morgan fingerprint density at radius 3 is 2.64 bits per heavy atom. The first-order valence-corrected chi connectivity index (χ1v) is 8.76. The van der Waals surface area contributed by atoms with Crippen LogP contribution in [-0.4, -0.2) is 10.9 Å². The molecule has 0 N–H and O–H groups in total. The molecule has 0 fully saturated rings. The lowest BCUT2D eigenvalue weighted by atomic mass is 10.1. The summed E-state index contributed by atoms with van der Waals surface area (Å²) >= 11 is 1.49. The Hall–Kier alpha value is -2.92. The van der Waals surface area contributed by atoms with Gasteiger partial charge in [-0.05, 0) is 49.7 Å². The van der Waals surface area contributed by atoms with Crippen LogP contribution < -0.4 is 4.90 Å². The van der Waals surface area contributed by atoms with E-state index in [1.165, 1.54) is 17.6 Å². The van der Waals surface area contributed by atoms with Gasteiger partial charge in [0.2, 0.25) is 0 Å². The van der Waals surface area contributed by atoms with Gasteiger partial charge in [0.15, 0.2) is 10.9 Å². The molecule has 0 bridgehead atoms. The number of anilines is 2. The molecule has 0 unspecified atom stereocenters. The number of rotatable bonds is 3. The van der Waals surface area contributed by atoms with Crippen molar-refractivity contribution in [1.82, 2.24) is 4.98 Å². The van der Waals surface area contributed by atoms with Crippen LogP contribution >= 0.6 is 11.3 Å². The molecule has 0 radical (unpaired) electrons. The summed E-state index contributed by atoms with van der Waals surface area (Å²) in [6.07, 6.45) is 1.51. The molecule has 0 aliphatic carbocycles. The molecule has 2 aromatic heterocycles. The average Bonchev–Trinajstić information content (AvgIpc) is 3.25. The van der Waals surface area contributed by atoms with Gasteiger partial charge in [-0.3, -0.25) is 4.79 Å². The minimum atomic E-state index is -0.226. The van der Waals surface area contributed by atoms with E-state index in [-0.39, 0.29) is 5.91 Å². The van der Waals surface area contributed by atoms with E-state index < -0.39 is 0 Å². The summed E-state index contributed by atoms with van der Waals surface area (Å²) in [5, 5.41) is 0.634. The summed E-state index contributed by atoms with van der Waals surface area (Å²) in [6.45, 7) is 4.03. The van der Waals surface area contributed by atoms with Crippen molar-refractivity contribution in [2.75, 3.05) is 4.90 Å². The summed E-state index contributed by atoms with van der Waals surface area (Å²) in [7, 11) is 0. The second-order valence-electron chi connectivity index (χ2n) is 5.87. The van der Waals surface area contributed by atoms with Crippen LogP contribution in [0, 0.1) is 13.8 Å². The van der Waals surface area contributed by atoms with Gasteiger partial charge in [-0.2, -0.15) is 0 Å². The molecule has 5 heteroatoms. The number of hydrogen-bond donors (Lipinski definition) is 0. The first-order chi connectivity index (χ1) is 12.1. The highest BCUT2D eigenvalue weighted by Crippen LogP contribution is 2.36. The van der Waals surface area contributed by atoms with Crippen molar-refractivity contribution in [1.29, 1.82) is 0 Å². The number of furan rings is 1. The van der Waals surface area contributed by atoms with E-state index in [1.807, 2.05) is 50.2 Å². The maximum atomic E-state index is 13.1. The lowest BCUT2D eigenvalue weighted by molar-refractivity contribution is 0.0973. The predicted octanol–water partition coefficient (Wildman–Crippen LogP) is 5.48. The third-order valence-corrected chi connectivity index (χ3v) is 5.02. The Morgan fingerprint density at radius 1 is 1.08 bits per heavy atom. The number of aryl methyl sites for hydroxylation is 2. The molecule has 0 atom stereocenters. The van der Waals surface area contributed by atoms with Crippen molar-refractivity contribution >= 4 is 38.3 Å². The first-order valence-electron chi connectivity index (χ1n) is 7.94. The maximum absolute atomic E-state index is 13.1. The van der Waals surface area contributed by atoms with Crippen molar-refractivity contribution in [3.63, 3.8) is 0 Å². The van der Waals surface area contributed by atoms with Gasteiger partial charge in [0, 0.05) is 0 Å². The number of nitrogens with zero attached hydrogens (tertiary/aromatic N) is 2. The van der Waals surface area contributed by atoms with Gasteiger partial charge in [0.1, 0.15) is 0 Å². The molecule has 25 heavy (non-hydrogen) atoms. The monoisotopic (exact) mass is 348 g/mol. The van der Waals surface area contributed by atoms with Gasteiger partial charge in [0.05, 0.1) is 22.2 Å². The fourth-order valence-electron chi connectivity index (χ4n) is 2.82. The predicted molar refractivity (Wildman–Crippen MR) is 101 cm³/mol. The second-order valence-corrected chi connectivity index (χ2v) is 6.88. The second kappa shape index (κ2) is 6.18. The number of hydrogen-bond acceptors (Lipinski definition) is 4. The molecule has 1 amide bonds. The Bertz CT molecular complexity index is 1020. The van der Waals surface area contributed by atoms with E-state index in [0.717, 1.165) is 27.0 Å². The normalized spacial score (nSPS) is 11.0. The largest absolute Gasteiger partial charge is 0.459 e. The summed E-state index contributed by atoms with van der Waals surface area (Å²) in [6, 6.07) is 17.3. The third-order valence-electron chi connectivity index (χ3n) is 4.00. The minimum Gasteiger partial charge on any atom is -0.459 e. The average molecular weight is 348 g/mol. The van der Waals surface area contributed by atoms with Crippen LogP contribution in [0.3, 0.4) is 0 Å². The molecule has 4 aromatic rings. The number of carbonyl (C=O) groups excluding carboxylic acids is 1. The quantitative estimate of drug-likeness (QED) is 0.492. The number of amides is 1. The SMILES string of the molecule is Cc1ccc(N(C(=O)c2ccco2)c2nc3ccccc3s2)c(C)c1. The van der Waals surface area contributed by atoms with Gasteiger partial charge >= 0.3 is 0 Å². The molecule has 0 aliphatic heterocycles. The smallest absolute Gasteiger partial charge is 0.300 e. The van der Waals surface area contributed by atoms with Gasteiger partial charge in [-0.1, -0.05) is 41.2 Å². The Kier molecular flexibility index (Phi) is 3.86. The first kappa shape index (κ1) is 15.6. The number of carbonyl (C=O) groups is 1. The Balaban J connectivity index is 1.90. The lowest BCUT2D eigenvalue weighted by Crippen LogP contribution is -2.26. The molecule has 2 aromatic carbocycles. The highest BCUT2D eigenvalue weighted by atomic mass is 32.1. The van der Waals surface area contributed by atoms with Gasteiger partial charge in [-0.25, -0.2) is 9.88 Å². The molecule has 4 rings (SSSR count). The van der Waals surface area contributed by atoms with Crippen molar-refractivity contribution < 1.29 is 9.21 Å². The molecule has 2 heterocycles. The third kappa shape index (κ3) is 2.83. The maximum Gasteiger partial charge on any atom is 0.300 e. The lowest BCUT2D eigenvalue weighted by Gasteiger charge is -2.21. The minimum absolute atomic E-state index is 0.226. The van der Waals surface area contributed by atoms with Crippen LogP contribution in [-0.2, 0) is 0 Å². The molecular weight excluding hydrogens is 332 g/mol. The van der Waals surface area contributed by atoms with Crippen LogP contribution in [0.15, 0.2) is 65.3 Å². The van der Waals surface area contributed by atoms with Crippen LogP contribution in [0.1, 0.15) is 21.7 Å². The number of thiazole rings is 1. The van der Waals surface area contributed by atoms with E-state index in [0.29, 0.717) is 10.9 Å². The van der Waals surface area contributed by atoms with Gasteiger partial charge in [0.25, 0.3) is 5.91 Å². The van der Waals surface area contributed by atoms with Crippen LogP contribution in [0.4, 0.5) is 10.8 Å². The van der Waals surface area contributed by atoms with E-state index in [9.17, 15) is 4.79 Å². The van der Waals surface area contributed by atoms with Crippen molar-refractivity contribution in [2.24, 2.45) is 0 Å². The zero-order chi connectivity index (χ0) is 17.4. The summed E-state index contributed by atoms with van der Waals surface area (Å²) in [4.78, 5) is 19.4. The molecule has 0 aliphatic rings. The zero-order valence-corrected chi connectivity index (χ0v) is 14.7. The molecule has 0 saturated carbocycles. The zero-order valence-electron chi connectivity index (χ0n) is 13.9. The van der Waals surface area contributed by atoms with Gasteiger partial charge < -0.3 is 4.42 Å². The molecular formula is C20H16N2O2S. The fourth-order valence-corrected chi connectivity index (χ4v) is 3.80. The summed E-state index contributed by atoms with van der Waals surface area (Å²) in [5.74, 6) is 0.0650. The van der Waals surface area contributed by atoms with Crippen molar-refractivity contribution in [2.45, 2.75) is 13.8 Å². The summed E-state index contributed by atoms with van der Waals surface area (Å²) < 4.78 is 6.38. The molecule has 124 valence electrons. The van der Waals surface area contributed by atoms with E-state index in [4.69, 9.17) is 4.42 Å². The molecule has 0 saturated heterocycles. The van der Waals surface area contributed by atoms with Crippen LogP contribution in [0.5, 0.6) is 0 Å². The topological polar surface area (TPSA) is 46.3 Å². The Labute approximate surface area is 149 Å².